The first-order valence-corrected chi connectivity index (χ1v) is 15.9. The summed E-state index contributed by atoms with van der Waals surface area (Å²) in [4.78, 5) is 5.14. The van der Waals surface area contributed by atoms with E-state index in [1.807, 2.05) is 0 Å². The van der Waals surface area contributed by atoms with Crippen LogP contribution in [0.5, 0.6) is 0 Å². The topological polar surface area (TPSA) is 34.1 Å². The Bertz CT molecular complexity index is 1270. The number of fused-ring (bicyclic) bond motifs is 1. The molecule has 0 aliphatic carbocycles. The molecule has 4 aromatic rings. The first-order valence-electron chi connectivity index (χ1n) is 12.9. The van der Waals surface area contributed by atoms with Gasteiger partial charge in [-0.15, -0.1) is 0 Å². The Morgan fingerprint density at radius 1 is 0.778 bits per heavy atom. The molecule has 4 heteroatoms. The van der Waals surface area contributed by atoms with E-state index in [4.69, 9.17) is 9.41 Å². The molecule has 0 aliphatic rings. The van der Waals surface area contributed by atoms with Crippen LogP contribution in [-0.4, -0.2) is 19.9 Å². The molecule has 0 fully saturated rings. The predicted molar refractivity (Wildman–Crippen MR) is 155 cm³/mol. The van der Waals surface area contributed by atoms with Crippen molar-refractivity contribution in [2.75, 3.05) is 6.61 Å². The summed E-state index contributed by atoms with van der Waals surface area (Å²) in [6.07, 6.45) is 0.822. The van der Waals surface area contributed by atoms with Crippen molar-refractivity contribution in [2.45, 2.75) is 63.8 Å². The van der Waals surface area contributed by atoms with E-state index in [0.717, 1.165) is 23.0 Å². The van der Waals surface area contributed by atoms with Crippen molar-refractivity contribution in [3.8, 4) is 0 Å². The molecule has 0 spiro atoms. The molecule has 0 bridgehead atoms. The van der Waals surface area contributed by atoms with Crippen LogP contribution in [0.15, 0.2) is 97.1 Å². The van der Waals surface area contributed by atoms with Crippen molar-refractivity contribution in [2.24, 2.45) is 0 Å². The number of hydrogen-bond acceptors (Lipinski definition) is 3. The Hall–Kier alpha value is -2.79. The molecule has 1 N–H and O–H groups in total. The summed E-state index contributed by atoms with van der Waals surface area (Å²) in [7, 11) is -1.92. The van der Waals surface area contributed by atoms with E-state index in [9.17, 15) is 0 Å². The maximum absolute atomic E-state index is 6.77. The maximum atomic E-state index is 6.77. The number of pyridine rings is 1. The number of aromatic nitrogens is 1. The lowest BCUT2D eigenvalue weighted by Crippen LogP contribution is -2.48. The van der Waals surface area contributed by atoms with E-state index in [-0.39, 0.29) is 11.1 Å². The van der Waals surface area contributed by atoms with Crippen LogP contribution >= 0.6 is 0 Å². The molecule has 1 aromatic heterocycles. The van der Waals surface area contributed by atoms with E-state index in [1.54, 1.807) is 0 Å². The summed E-state index contributed by atoms with van der Waals surface area (Å²) in [6, 6.07) is 34.1. The Morgan fingerprint density at radius 3 is 2.06 bits per heavy atom. The van der Waals surface area contributed by atoms with Crippen molar-refractivity contribution in [1.29, 1.82) is 0 Å². The highest BCUT2D eigenvalue weighted by atomic mass is 28.4. The Morgan fingerprint density at radius 2 is 1.39 bits per heavy atom. The summed E-state index contributed by atoms with van der Waals surface area (Å²) >= 11 is 0. The van der Waals surface area contributed by atoms with Gasteiger partial charge in [-0.25, -0.2) is 0 Å². The minimum absolute atomic E-state index is 0.0299. The lowest BCUT2D eigenvalue weighted by Gasteiger charge is -2.40. The fourth-order valence-electron chi connectivity index (χ4n) is 4.39. The molecule has 36 heavy (non-hydrogen) atoms. The van der Waals surface area contributed by atoms with Gasteiger partial charge in [-0.2, -0.15) is 0 Å². The lowest BCUT2D eigenvalue weighted by atomic mass is 9.87. The highest BCUT2D eigenvalue weighted by molar-refractivity contribution is 6.74. The molecule has 1 heterocycles. The van der Waals surface area contributed by atoms with E-state index in [0.29, 0.717) is 6.61 Å². The zero-order valence-corrected chi connectivity index (χ0v) is 23.6. The average Bonchev–Trinajstić information content (AvgIpc) is 2.86. The van der Waals surface area contributed by atoms with E-state index >= 15 is 0 Å². The summed E-state index contributed by atoms with van der Waals surface area (Å²) in [5, 5.41) is 5.35. The van der Waals surface area contributed by atoms with Crippen LogP contribution in [0.3, 0.4) is 0 Å². The predicted octanol–water partition coefficient (Wildman–Crippen LogP) is 8.05. The molecule has 4 rings (SSSR count). The quantitative estimate of drug-likeness (QED) is 0.238. The van der Waals surface area contributed by atoms with Gasteiger partial charge >= 0.3 is 0 Å². The van der Waals surface area contributed by atoms with Crippen molar-refractivity contribution in [1.82, 2.24) is 10.3 Å². The zero-order chi connectivity index (χ0) is 25.8. The first-order chi connectivity index (χ1) is 17.1. The van der Waals surface area contributed by atoms with Crippen LogP contribution in [0.1, 0.15) is 50.6 Å². The van der Waals surface area contributed by atoms with Crippen molar-refractivity contribution in [3.05, 3.63) is 114 Å². The van der Waals surface area contributed by atoms with Gasteiger partial charge < -0.3 is 4.43 Å². The molecule has 3 nitrogen and oxygen atoms in total. The number of hydrogen-bond donors (Lipinski definition) is 1. The molecular weight excluding hydrogens is 456 g/mol. The van der Waals surface area contributed by atoms with Gasteiger partial charge in [0.2, 0.25) is 0 Å². The number of para-hydroxylation sites is 1. The Kier molecular flexibility index (Phi) is 7.79. The van der Waals surface area contributed by atoms with E-state index in [1.165, 1.54) is 11.1 Å². The van der Waals surface area contributed by atoms with Gasteiger partial charge in [0.25, 0.3) is 0 Å². The summed E-state index contributed by atoms with van der Waals surface area (Å²) in [6.45, 7) is 14.4. The van der Waals surface area contributed by atoms with Crippen LogP contribution in [0.4, 0.5) is 0 Å². The third kappa shape index (κ3) is 6.12. The first kappa shape index (κ1) is 26.3. The van der Waals surface area contributed by atoms with E-state index in [2.05, 4.69) is 143 Å². The smallest absolute Gasteiger partial charge is 0.192 e. The van der Waals surface area contributed by atoms with Crippen molar-refractivity contribution in [3.63, 3.8) is 0 Å². The van der Waals surface area contributed by atoms with E-state index < -0.39 is 13.9 Å². The number of nitrogens with zero attached hydrogens (tertiary/aromatic N) is 1. The van der Waals surface area contributed by atoms with Crippen molar-refractivity contribution >= 4 is 19.2 Å². The van der Waals surface area contributed by atoms with Gasteiger partial charge in [0.05, 0.1) is 29.4 Å². The summed E-state index contributed by atoms with van der Waals surface area (Å²) in [5.41, 5.74) is 4.17. The van der Waals surface area contributed by atoms with Gasteiger partial charge in [-0.05, 0) is 54.7 Å². The molecule has 0 saturated heterocycles. The Labute approximate surface area is 218 Å². The third-order valence-corrected chi connectivity index (χ3v) is 12.2. The SMILES string of the molecule is CC(C)(C)[Si](C)(C)OC[C@@H](N[C@@](C)(Cc1ccccc1)c1ccc2ccccc2n1)c1ccccc1. The second-order valence-electron chi connectivity index (χ2n) is 11.6. The van der Waals surface area contributed by atoms with Gasteiger partial charge in [0.15, 0.2) is 8.32 Å². The summed E-state index contributed by atoms with van der Waals surface area (Å²) < 4.78 is 6.77. The average molecular weight is 497 g/mol. The molecule has 188 valence electrons. The van der Waals surface area contributed by atoms with Gasteiger partial charge in [0.1, 0.15) is 0 Å². The zero-order valence-electron chi connectivity index (χ0n) is 22.6. The maximum Gasteiger partial charge on any atom is 0.192 e. The minimum atomic E-state index is -1.92. The molecule has 0 radical (unpaired) electrons. The number of nitrogens with one attached hydrogen (secondary N) is 1. The third-order valence-electron chi connectivity index (χ3n) is 7.68. The van der Waals surface area contributed by atoms with Crippen LogP contribution in [-0.2, 0) is 16.4 Å². The standard InChI is InChI=1S/C32H40N2OSi/c1-31(2,3)36(5,6)35-24-29(26-17-11-8-12-18-26)34-32(4,23-25-15-9-7-10-16-25)30-22-21-27-19-13-14-20-28(27)33-30/h7-22,29,34H,23-24H2,1-6H3/t29-,32+/m1/s1. The lowest BCUT2D eigenvalue weighted by molar-refractivity contribution is 0.204. The Balaban J connectivity index is 1.73. The molecule has 0 amide bonds. The second-order valence-corrected chi connectivity index (χ2v) is 16.4. The number of rotatable bonds is 9. The van der Waals surface area contributed by atoms with Gasteiger partial charge in [0, 0.05) is 5.39 Å². The molecule has 0 unspecified atom stereocenters. The largest absolute Gasteiger partial charge is 0.415 e. The normalized spacial score (nSPS) is 14.9. The fraction of sp³-hybridized carbons (Fsp3) is 0.344. The molecule has 3 aromatic carbocycles. The molecule has 0 saturated carbocycles. The molecule has 2 atom stereocenters. The van der Waals surface area contributed by atoms with Crippen LogP contribution in [0.2, 0.25) is 18.1 Å². The van der Waals surface area contributed by atoms with Crippen LogP contribution in [0.25, 0.3) is 10.9 Å². The van der Waals surface area contributed by atoms with Gasteiger partial charge in [-0.3, -0.25) is 10.3 Å². The minimum Gasteiger partial charge on any atom is -0.415 e. The monoisotopic (exact) mass is 496 g/mol. The highest BCUT2D eigenvalue weighted by Crippen LogP contribution is 2.38. The molecule has 0 aliphatic heterocycles. The second kappa shape index (κ2) is 10.7. The van der Waals surface area contributed by atoms with Gasteiger partial charge in [-0.1, -0.05) is 106 Å². The fourth-order valence-corrected chi connectivity index (χ4v) is 5.41. The summed E-state index contributed by atoms with van der Waals surface area (Å²) in [5.74, 6) is 0. The van der Waals surface area contributed by atoms with Crippen molar-refractivity contribution < 1.29 is 4.43 Å². The molecular formula is C32H40N2OSi. The van der Waals surface area contributed by atoms with Crippen LogP contribution < -0.4 is 5.32 Å². The number of benzene rings is 3. The highest BCUT2D eigenvalue weighted by Gasteiger charge is 2.39. The van der Waals surface area contributed by atoms with Crippen LogP contribution in [0, 0.1) is 0 Å².